The average Bonchev–Trinajstić information content (AvgIpc) is 2.29. The van der Waals surface area contributed by atoms with Crippen molar-refractivity contribution in [2.45, 2.75) is 51.7 Å². The van der Waals surface area contributed by atoms with Crippen molar-refractivity contribution < 1.29 is 4.74 Å². The number of ether oxygens (including phenoxy) is 1. The molecule has 1 aromatic rings. The predicted octanol–water partition coefficient (Wildman–Crippen LogP) is 3.71. The predicted molar refractivity (Wildman–Crippen MR) is 62.9 cm³/mol. The molecule has 0 spiro atoms. The van der Waals surface area contributed by atoms with Gasteiger partial charge in [-0.2, -0.15) is 0 Å². The van der Waals surface area contributed by atoms with Gasteiger partial charge in [-0.15, -0.1) is 0 Å². The van der Waals surface area contributed by atoms with Crippen LogP contribution in [-0.2, 0) is 17.8 Å². The molecule has 15 heavy (non-hydrogen) atoms. The minimum Gasteiger partial charge on any atom is -0.373 e. The summed E-state index contributed by atoms with van der Waals surface area (Å²) in [4.78, 5) is 0. The molecule has 1 unspecified atom stereocenters. The molecule has 0 aliphatic carbocycles. The highest BCUT2D eigenvalue weighted by Crippen LogP contribution is 2.23. The Morgan fingerprint density at radius 3 is 2.80 bits per heavy atom. The molecule has 1 aliphatic heterocycles. The van der Waals surface area contributed by atoms with E-state index in [0.29, 0.717) is 6.10 Å². The van der Waals surface area contributed by atoms with Gasteiger partial charge >= 0.3 is 0 Å². The molecule has 0 N–H and O–H groups in total. The molecule has 0 saturated heterocycles. The second-order valence-corrected chi connectivity index (χ2v) is 4.40. The van der Waals surface area contributed by atoms with E-state index in [0.717, 1.165) is 13.0 Å². The first-order chi connectivity index (χ1) is 7.40. The lowest BCUT2D eigenvalue weighted by atomic mass is 9.96. The SMILES string of the molecule is CCCCCC1Cc2ccccc2CO1. The fraction of sp³-hybridized carbons (Fsp3) is 0.571. The van der Waals surface area contributed by atoms with E-state index in [-0.39, 0.29) is 0 Å². The molecule has 0 aromatic heterocycles. The summed E-state index contributed by atoms with van der Waals surface area (Å²) in [5, 5.41) is 0. The van der Waals surface area contributed by atoms with Crippen molar-refractivity contribution in [1.82, 2.24) is 0 Å². The smallest absolute Gasteiger partial charge is 0.0723 e. The second kappa shape index (κ2) is 5.32. The highest BCUT2D eigenvalue weighted by Gasteiger charge is 2.17. The summed E-state index contributed by atoms with van der Waals surface area (Å²) in [5.41, 5.74) is 2.87. The van der Waals surface area contributed by atoms with Crippen molar-refractivity contribution >= 4 is 0 Å². The van der Waals surface area contributed by atoms with Gasteiger partial charge in [-0.1, -0.05) is 50.5 Å². The number of unbranched alkanes of at least 4 members (excludes halogenated alkanes) is 2. The lowest BCUT2D eigenvalue weighted by molar-refractivity contribution is 0.0217. The number of benzene rings is 1. The summed E-state index contributed by atoms with van der Waals surface area (Å²) in [5.74, 6) is 0. The third kappa shape index (κ3) is 2.82. The molecular formula is C14H20O. The highest BCUT2D eigenvalue weighted by atomic mass is 16.5. The largest absolute Gasteiger partial charge is 0.373 e. The Bertz CT molecular complexity index is 306. The maximum absolute atomic E-state index is 5.85. The zero-order valence-corrected chi connectivity index (χ0v) is 9.54. The molecule has 1 aliphatic rings. The topological polar surface area (TPSA) is 9.23 Å². The first kappa shape index (κ1) is 10.7. The molecule has 0 saturated carbocycles. The molecule has 0 radical (unpaired) electrons. The summed E-state index contributed by atoms with van der Waals surface area (Å²) in [6.45, 7) is 3.06. The zero-order chi connectivity index (χ0) is 10.5. The Labute approximate surface area is 92.5 Å². The molecular weight excluding hydrogens is 184 g/mol. The normalized spacial score (nSPS) is 19.9. The molecule has 2 rings (SSSR count). The molecule has 0 fully saturated rings. The van der Waals surface area contributed by atoms with Crippen molar-refractivity contribution in [2.75, 3.05) is 0 Å². The lowest BCUT2D eigenvalue weighted by Gasteiger charge is -2.25. The molecule has 0 amide bonds. The van der Waals surface area contributed by atoms with Crippen molar-refractivity contribution in [3.63, 3.8) is 0 Å². The van der Waals surface area contributed by atoms with Gasteiger partial charge in [-0.3, -0.25) is 0 Å². The third-order valence-corrected chi connectivity index (χ3v) is 3.17. The van der Waals surface area contributed by atoms with Crippen LogP contribution in [0.25, 0.3) is 0 Å². The van der Waals surface area contributed by atoms with Crippen LogP contribution in [0.3, 0.4) is 0 Å². The lowest BCUT2D eigenvalue weighted by Crippen LogP contribution is -2.22. The standard InChI is InChI=1S/C14H20O/c1-2-3-4-9-14-10-12-7-5-6-8-13(12)11-15-14/h5-8,14H,2-4,9-11H2,1H3. The molecule has 82 valence electrons. The Kier molecular flexibility index (Phi) is 3.79. The molecule has 0 bridgehead atoms. The van der Waals surface area contributed by atoms with Crippen molar-refractivity contribution in [1.29, 1.82) is 0 Å². The van der Waals surface area contributed by atoms with Crippen LogP contribution in [0.5, 0.6) is 0 Å². The van der Waals surface area contributed by atoms with Crippen LogP contribution in [0.2, 0.25) is 0 Å². The summed E-state index contributed by atoms with van der Waals surface area (Å²) < 4.78 is 5.85. The third-order valence-electron chi connectivity index (χ3n) is 3.17. The van der Waals surface area contributed by atoms with Crippen LogP contribution in [-0.4, -0.2) is 6.10 Å². The summed E-state index contributed by atoms with van der Waals surface area (Å²) in [7, 11) is 0. The first-order valence-corrected chi connectivity index (χ1v) is 6.08. The van der Waals surface area contributed by atoms with Crippen molar-refractivity contribution in [2.24, 2.45) is 0 Å². The van der Waals surface area contributed by atoms with E-state index >= 15 is 0 Å². The van der Waals surface area contributed by atoms with E-state index in [1.165, 1.54) is 36.8 Å². The van der Waals surface area contributed by atoms with Gasteiger partial charge in [0, 0.05) is 0 Å². The van der Waals surface area contributed by atoms with Gasteiger partial charge in [0.15, 0.2) is 0 Å². The Morgan fingerprint density at radius 2 is 2.00 bits per heavy atom. The van der Waals surface area contributed by atoms with E-state index in [4.69, 9.17) is 4.74 Å². The van der Waals surface area contributed by atoms with Crippen molar-refractivity contribution in [3.8, 4) is 0 Å². The fourth-order valence-corrected chi connectivity index (χ4v) is 2.22. The number of rotatable bonds is 4. The highest BCUT2D eigenvalue weighted by molar-refractivity contribution is 5.28. The maximum Gasteiger partial charge on any atom is 0.0723 e. The van der Waals surface area contributed by atoms with Gasteiger partial charge in [0.05, 0.1) is 12.7 Å². The van der Waals surface area contributed by atoms with Crippen LogP contribution >= 0.6 is 0 Å². The monoisotopic (exact) mass is 204 g/mol. The molecule has 1 heteroatoms. The van der Waals surface area contributed by atoms with E-state index in [9.17, 15) is 0 Å². The fourth-order valence-electron chi connectivity index (χ4n) is 2.22. The molecule has 1 nitrogen and oxygen atoms in total. The molecule has 1 aromatic carbocycles. The number of fused-ring (bicyclic) bond motifs is 1. The van der Waals surface area contributed by atoms with E-state index in [2.05, 4.69) is 31.2 Å². The summed E-state index contributed by atoms with van der Waals surface area (Å²) in [6.07, 6.45) is 6.74. The summed E-state index contributed by atoms with van der Waals surface area (Å²) in [6, 6.07) is 8.65. The van der Waals surface area contributed by atoms with Crippen LogP contribution < -0.4 is 0 Å². The van der Waals surface area contributed by atoms with Gasteiger partial charge < -0.3 is 4.74 Å². The quantitative estimate of drug-likeness (QED) is 0.679. The van der Waals surface area contributed by atoms with Crippen molar-refractivity contribution in [3.05, 3.63) is 35.4 Å². The van der Waals surface area contributed by atoms with Gasteiger partial charge in [0.25, 0.3) is 0 Å². The maximum atomic E-state index is 5.85. The van der Waals surface area contributed by atoms with Crippen LogP contribution in [0, 0.1) is 0 Å². The second-order valence-electron chi connectivity index (χ2n) is 4.40. The molecule has 1 heterocycles. The van der Waals surface area contributed by atoms with Crippen LogP contribution in [0.1, 0.15) is 43.7 Å². The Balaban J connectivity index is 1.88. The zero-order valence-electron chi connectivity index (χ0n) is 9.54. The number of hydrogen-bond donors (Lipinski definition) is 0. The van der Waals surface area contributed by atoms with Gasteiger partial charge in [-0.05, 0) is 24.0 Å². The van der Waals surface area contributed by atoms with Gasteiger partial charge in [0.2, 0.25) is 0 Å². The minimum atomic E-state index is 0.464. The van der Waals surface area contributed by atoms with Crippen LogP contribution in [0.15, 0.2) is 24.3 Å². The first-order valence-electron chi connectivity index (χ1n) is 6.08. The summed E-state index contributed by atoms with van der Waals surface area (Å²) >= 11 is 0. The van der Waals surface area contributed by atoms with Gasteiger partial charge in [-0.25, -0.2) is 0 Å². The Hall–Kier alpha value is -0.820. The molecule has 1 atom stereocenters. The average molecular weight is 204 g/mol. The van der Waals surface area contributed by atoms with E-state index in [1.807, 2.05) is 0 Å². The van der Waals surface area contributed by atoms with E-state index < -0.39 is 0 Å². The van der Waals surface area contributed by atoms with Crippen LogP contribution in [0.4, 0.5) is 0 Å². The minimum absolute atomic E-state index is 0.464. The Morgan fingerprint density at radius 1 is 1.20 bits per heavy atom. The van der Waals surface area contributed by atoms with E-state index in [1.54, 1.807) is 0 Å². The van der Waals surface area contributed by atoms with Gasteiger partial charge in [0.1, 0.15) is 0 Å². The number of hydrogen-bond acceptors (Lipinski definition) is 1.